The molecule has 1 fully saturated rings. The molecule has 0 unspecified atom stereocenters. The van der Waals surface area contributed by atoms with Gasteiger partial charge in [-0.25, -0.2) is 8.42 Å². The number of rotatable bonds is 3. The SMILES string of the molecule is CN1C(=N)N[C@](C)(c2cccc(-c3cccc(S(C)(=O)=O)c3)c2)CC1=O. The molecule has 1 heterocycles. The van der Waals surface area contributed by atoms with Crippen molar-refractivity contribution in [2.75, 3.05) is 13.3 Å². The quantitative estimate of drug-likeness (QED) is 0.867. The Balaban J connectivity index is 2.02. The second-order valence-electron chi connectivity index (χ2n) is 6.82. The molecular formula is C19H21N3O3S. The van der Waals surface area contributed by atoms with E-state index in [9.17, 15) is 13.2 Å². The van der Waals surface area contributed by atoms with E-state index in [2.05, 4.69) is 5.32 Å². The highest BCUT2D eigenvalue weighted by atomic mass is 32.2. The molecule has 3 rings (SSSR count). The topological polar surface area (TPSA) is 90.3 Å². The van der Waals surface area contributed by atoms with Crippen LogP contribution in [0.1, 0.15) is 18.9 Å². The summed E-state index contributed by atoms with van der Waals surface area (Å²) < 4.78 is 23.6. The van der Waals surface area contributed by atoms with Crippen LogP contribution < -0.4 is 5.32 Å². The van der Waals surface area contributed by atoms with E-state index in [1.165, 1.54) is 11.2 Å². The van der Waals surface area contributed by atoms with Gasteiger partial charge in [0.25, 0.3) is 0 Å². The van der Waals surface area contributed by atoms with Gasteiger partial charge in [0.2, 0.25) is 5.91 Å². The number of carbonyl (C=O) groups excluding carboxylic acids is 1. The predicted molar refractivity (Wildman–Crippen MR) is 101 cm³/mol. The van der Waals surface area contributed by atoms with Crippen LogP contribution in [0.3, 0.4) is 0 Å². The third-order valence-corrected chi connectivity index (χ3v) is 5.81. The van der Waals surface area contributed by atoms with E-state index in [1.807, 2.05) is 37.3 Å². The summed E-state index contributed by atoms with van der Waals surface area (Å²) in [5.41, 5.74) is 1.82. The van der Waals surface area contributed by atoms with E-state index >= 15 is 0 Å². The number of nitrogens with one attached hydrogen (secondary N) is 2. The zero-order chi connectivity index (χ0) is 19.1. The molecule has 2 N–H and O–H groups in total. The van der Waals surface area contributed by atoms with Gasteiger partial charge in [0.15, 0.2) is 15.8 Å². The van der Waals surface area contributed by atoms with E-state index < -0.39 is 15.4 Å². The fourth-order valence-electron chi connectivity index (χ4n) is 3.06. The van der Waals surface area contributed by atoms with Gasteiger partial charge in [-0.05, 0) is 41.8 Å². The van der Waals surface area contributed by atoms with E-state index in [4.69, 9.17) is 5.41 Å². The molecule has 0 bridgehead atoms. The fourth-order valence-corrected chi connectivity index (χ4v) is 3.72. The average molecular weight is 371 g/mol. The first-order valence-corrected chi connectivity index (χ1v) is 10.0. The molecule has 0 radical (unpaired) electrons. The summed E-state index contributed by atoms with van der Waals surface area (Å²) in [6, 6.07) is 14.4. The van der Waals surface area contributed by atoms with E-state index in [0.29, 0.717) is 0 Å². The summed E-state index contributed by atoms with van der Waals surface area (Å²) in [4.78, 5) is 13.7. The number of hydrogen-bond acceptors (Lipinski definition) is 4. The maximum Gasteiger partial charge on any atom is 0.231 e. The Hall–Kier alpha value is -2.67. The van der Waals surface area contributed by atoms with Crippen LogP contribution in [0.15, 0.2) is 53.4 Å². The molecule has 1 saturated heterocycles. The summed E-state index contributed by atoms with van der Waals surface area (Å²) in [6.07, 6.45) is 1.42. The molecule has 1 amide bonds. The molecule has 6 nitrogen and oxygen atoms in total. The van der Waals surface area contributed by atoms with Gasteiger partial charge >= 0.3 is 0 Å². The summed E-state index contributed by atoms with van der Waals surface area (Å²) in [5, 5.41) is 11.1. The van der Waals surface area contributed by atoms with Gasteiger partial charge in [0, 0.05) is 13.3 Å². The third kappa shape index (κ3) is 3.35. The highest BCUT2D eigenvalue weighted by molar-refractivity contribution is 7.90. The van der Waals surface area contributed by atoms with Crippen LogP contribution in [0.4, 0.5) is 0 Å². The van der Waals surface area contributed by atoms with Crippen molar-refractivity contribution >= 4 is 21.7 Å². The van der Waals surface area contributed by atoms with Gasteiger partial charge in [0.05, 0.1) is 16.9 Å². The van der Waals surface area contributed by atoms with Crippen LogP contribution in [0.5, 0.6) is 0 Å². The molecule has 2 aromatic carbocycles. The van der Waals surface area contributed by atoms with Crippen LogP contribution in [-0.2, 0) is 20.2 Å². The van der Waals surface area contributed by atoms with Crippen LogP contribution in [0.2, 0.25) is 0 Å². The van der Waals surface area contributed by atoms with E-state index in [0.717, 1.165) is 16.7 Å². The zero-order valence-corrected chi connectivity index (χ0v) is 15.7. The van der Waals surface area contributed by atoms with Crippen LogP contribution in [0.25, 0.3) is 11.1 Å². The molecule has 0 spiro atoms. The van der Waals surface area contributed by atoms with Crippen LogP contribution in [0, 0.1) is 5.41 Å². The molecular weight excluding hydrogens is 350 g/mol. The minimum atomic E-state index is -3.29. The molecule has 0 aromatic heterocycles. The Kier molecular flexibility index (Phi) is 4.36. The molecule has 26 heavy (non-hydrogen) atoms. The molecule has 2 aromatic rings. The molecule has 1 atom stereocenters. The summed E-state index contributed by atoms with van der Waals surface area (Å²) >= 11 is 0. The van der Waals surface area contributed by atoms with Gasteiger partial charge in [-0.2, -0.15) is 0 Å². The second kappa shape index (κ2) is 6.25. The lowest BCUT2D eigenvalue weighted by Gasteiger charge is -2.39. The smallest absolute Gasteiger partial charge is 0.231 e. The number of hydrogen-bond donors (Lipinski definition) is 2. The fraction of sp³-hybridized carbons (Fsp3) is 0.263. The van der Waals surface area contributed by atoms with Crippen molar-refractivity contribution in [3.63, 3.8) is 0 Å². The predicted octanol–water partition coefficient (Wildman–Crippen LogP) is 2.36. The lowest BCUT2D eigenvalue weighted by atomic mass is 9.85. The third-order valence-electron chi connectivity index (χ3n) is 4.70. The maximum absolute atomic E-state index is 12.2. The Morgan fingerprint density at radius 2 is 1.73 bits per heavy atom. The average Bonchev–Trinajstić information content (AvgIpc) is 2.59. The summed E-state index contributed by atoms with van der Waals surface area (Å²) in [7, 11) is -1.71. The first-order valence-electron chi connectivity index (χ1n) is 8.14. The largest absolute Gasteiger partial charge is 0.346 e. The normalized spacial score (nSPS) is 20.8. The summed E-state index contributed by atoms with van der Waals surface area (Å²) in [6.45, 7) is 1.89. The Morgan fingerprint density at radius 3 is 2.35 bits per heavy atom. The van der Waals surface area contributed by atoms with Crippen LogP contribution in [-0.4, -0.2) is 38.5 Å². The van der Waals surface area contributed by atoms with Gasteiger partial charge < -0.3 is 5.32 Å². The maximum atomic E-state index is 12.2. The van der Waals surface area contributed by atoms with Gasteiger partial charge in [-0.1, -0.05) is 30.3 Å². The molecule has 136 valence electrons. The number of sulfone groups is 1. The Labute approximate surface area is 153 Å². The van der Waals surface area contributed by atoms with E-state index in [1.54, 1.807) is 25.2 Å². The summed E-state index contributed by atoms with van der Waals surface area (Å²) in [5.74, 6) is -0.0612. The standard InChI is InChI=1S/C19H21N3O3S/c1-19(12-17(23)22(2)18(20)21-19)15-8-4-6-13(10-15)14-7-5-9-16(11-14)26(3,24)25/h4-11H,12H2,1-3H3,(H2,20,21)/t19-/m0/s1. The number of benzene rings is 2. The van der Waals surface area contributed by atoms with Crippen molar-refractivity contribution in [2.24, 2.45) is 0 Å². The van der Waals surface area contributed by atoms with Crippen molar-refractivity contribution in [2.45, 2.75) is 23.8 Å². The number of amides is 1. The minimum Gasteiger partial charge on any atom is -0.346 e. The minimum absolute atomic E-state index is 0.0632. The Morgan fingerprint density at radius 1 is 1.12 bits per heavy atom. The number of nitrogens with zero attached hydrogens (tertiary/aromatic N) is 1. The molecule has 1 aliphatic rings. The van der Waals surface area contributed by atoms with Gasteiger partial charge in [-0.15, -0.1) is 0 Å². The zero-order valence-electron chi connectivity index (χ0n) is 14.9. The molecule has 1 aliphatic heterocycles. The van der Waals surface area contributed by atoms with Crippen molar-refractivity contribution in [3.8, 4) is 11.1 Å². The number of guanidine groups is 1. The number of carbonyl (C=O) groups is 1. The van der Waals surface area contributed by atoms with E-state index in [-0.39, 0.29) is 23.2 Å². The first-order chi connectivity index (χ1) is 12.1. The van der Waals surface area contributed by atoms with Crippen LogP contribution >= 0.6 is 0 Å². The molecule has 7 heteroatoms. The van der Waals surface area contributed by atoms with Crippen molar-refractivity contribution in [1.82, 2.24) is 10.2 Å². The lowest BCUT2D eigenvalue weighted by Crippen LogP contribution is -2.58. The lowest BCUT2D eigenvalue weighted by molar-refractivity contribution is -0.129. The Bertz CT molecular complexity index is 981. The van der Waals surface area contributed by atoms with Crippen molar-refractivity contribution in [3.05, 3.63) is 54.1 Å². The highest BCUT2D eigenvalue weighted by Gasteiger charge is 2.37. The van der Waals surface area contributed by atoms with Gasteiger partial charge in [0.1, 0.15) is 0 Å². The highest BCUT2D eigenvalue weighted by Crippen LogP contribution is 2.32. The van der Waals surface area contributed by atoms with Crippen molar-refractivity contribution < 1.29 is 13.2 Å². The first kappa shape index (κ1) is 18.1. The van der Waals surface area contributed by atoms with Crippen molar-refractivity contribution in [1.29, 1.82) is 5.41 Å². The molecule has 0 aliphatic carbocycles. The van der Waals surface area contributed by atoms with Gasteiger partial charge in [-0.3, -0.25) is 15.1 Å². The molecule has 0 saturated carbocycles. The monoisotopic (exact) mass is 371 g/mol. The second-order valence-corrected chi connectivity index (χ2v) is 8.83.